The van der Waals surface area contributed by atoms with Gasteiger partial charge in [-0.1, -0.05) is 62.2 Å². The Morgan fingerprint density at radius 2 is 1.71 bits per heavy atom. The molecular formula is C23H31N7O. The highest BCUT2D eigenvalue weighted by atomic mass is 16.2. The van der Waals surface area contributed by atoms with Gasteiger partial charge in [0.1, 0.15) is 6.33 Å². The molecule has 0 atom stereocenters. The monoisotopic (exact) mass is 421 g/mol. The van der Waals surface area contributed by atoms with Crippen molar-refractivity contribution in [2.45, 2.75) is 46.1 Å². The minimum Gasteiger partial charge on any atom is -0.351 e. The van der Waals surface area contributed by atoms with E-state index < -0.39 is 0 Å². The molecule has 31 heavy (non-hydrogen) atoms. The van der Waals surface area contributed by atoms with Crippen LogP contribution in [-0.4, -0.2) is 61.9 Å². The Morgan fingerprint density at radius 3 is 2.39 bits per heavy atom. The van der Waals surface area contributed by atoms with E-state index in [0.717, 1.165) is 55.8 Å². The number of benzene rings is 1. The number of piperazine rings is 1. The van der Waals surface area contributed by atoms with E-state index in [1.165, 1.54) is 0 Å². The quantitative estimate of drug-likeness (QED) is 0.556. The molecule has 1 amide bonds. The van der Waals surface area contributed by atoms with E-state index in [1.807, 2.05) is 27.8 Å². The summed E-state index contributed by atoms with van der Waals surface area (Å²) in [6.45, 7) is 7.84. The summed E-state index contributed by atoms with van der Waals surface area (Å²) < 4.78 is 1.82. The molecule has 0 radical (unpaired) electrons. The van der Waals surface area contributed by atoms with Crippen LogP contribution in [0.4, 0.5) is 5.82 Å². The minimum atomic E-state index is 0.158. The molecule has 8 nitrogen and oxygen atoms in total. The maximum absolute atomic E-state index is 13.0. The second-order valence-electron chi connectivity index (χ2n) is 8.19. The Bertz CT molecular complexity index is 990. The van der Waals surface area contributed by atoms with Gasteiger partial charge in [-0.25, -0.2) is 14.6 Å². The van der Waals surface area contributed by atoms with Crippen molar-refractivity contribution in [2.24, 2.45) is 5.92 Å². The van der Waals surface area contributed by atoms with Gasteiger partial charge in [-0.15, -0.1) is 5.10 Å². The molecule has 0 bridgehead atoms. The number of amides is 1. The molecule has 3 aromatic rings. The number of anilines is 1. The zero-order valence-electron chi connectivity index (χ0n) is 18.4. The van der Waals surface area contributed by atoms with E-state index >= 15 is 0 Å². The molecule has 1 aliphatic rings. The first kappa shape index (κ1) is 21.2. The lowest BCUT2D eigenvalue weighted by Gasteiger charge is -2.37. The molecule has 0 unspecified atom stereocenters. The van der Waals surface area contributed by atoms with Crippen LogP contribution in [-0.2, 0) is 11.3 Å². The predicted molar refractivity (Wildman–Crippen MR) is 121 cm³/mol. The Kier molecular flexibility index (Phi) is 6.74. The minimum absolute atomic E-state index is 0.158. The zero-order valence-corrected chi connectivity index (χ0v) is 18.4. The SMILES string of the molecule is CCCC(CCC)C(=O)N1CCN(c2ncnc3c2nnn3Cc2ccccc2)CC1. The lowest BCUT2D eigenvalue weighted by Crippen LogP contribution is -2.50. The van der Waals surface area contributed by atoms with Gasteiger partial charge in [0.15, 0.2) is 17.0 Å². The van der Waals surface area contributed by atoms with Gasteiger partial charge in [-0.3, -0.25) is 4.79 Å². The molecule has 2 aromatic heterocycles. The van der Waals surface area contributed by atoms with Crippen LogP contribution in [0, 0.1) is 5.92 Å². The predicted octanol–water partition coefficient (Wildman–Crippen LogP) is 3.13. The molecule has 1 saturated heterocycles. The number of nitrogens with zero attached hydrogens (tertiary/aromatic N) is 7. The van der Waals surface area contributed by atoms with Gasteiger partial charge in [0.25, 0.3) is 0 Å². The summed E-state index contributed by atoms with van der Waals surface area (Å²) in [6, 6.07) is 10.2. The van der Waals surface area contributed by atoms with Crippen molar-refractivity contribution in [1.29, 1.82) is 0 Å². The van der Waals surface area contributed by atoms with E-state index in [-0.39, 0.29) is 5.92 Å². The van der Waals surface area contributed by atoms with Crippen LogP contribution >= 0.6 is 0 Å². The Labute approximate surface area is 183 Å². The van der Waals surface area contributed by atoms with Crippen molar-refractivity contribution in [1.82, 2.24) is 29.9 Å². The van der Waals surface area contributed by atoms with Crippen molar-refractivity contribution >= 4 is 22.9 Å². The topological polar surface area (TPSA) is 80.0 Å². The van der Waals surface area contributed by atoms with Crippen molar-refractivity contribution in [3.63, 3.8) is 0 Å². The Hall–Kier alpha value is -3.03. The van der Waals surface area contributed by atoms with Crippen molar-refractivity contribution in [2.75, 3.05) is 31.1 Å². The molecule has 3 heterocycles. The summed E-state index contributed by atoms with van der Waals surface area (Å²) in [6.07, 6.45) is 5.63. The number of carbonyl (C=O) groups is 1. The first-order chi connectivity index (χ1) is 15.2. The van der Waals surface area contributed by atoms with Gasteiger partial charge >= 0.3 is 0 Å². The van der Waals surface area contributed by atoms with E-state index in [4.69, 9.17) is 0 Å². The number of rotatable bonds is 8. The number of aromatic nitrogens is 5. The Morgan fingerprint density at radius 1 is 1.00 bits per heavy atom. The number of fused-ring (bicyclic) bond motifs is 1. The molecule has 8 heteroatoms. The Balaban J connectivity index is 1.46. The summed E-state index contributed by atoms with van der Waals surface area (Å²) in [4.78, 5) is 26.1. The number of carbonyl (C=O) groups excluding carboxylic acids is 1. The van der Waals surface area contributed by atoms with Gasteiger partial charge < -0.3 is 9.80 Å². The normalized spacial score (nSPS) is 14.5. The van der Waals surface area contributed by atoms with Crippen LogP contribution < -0.4 is 4.90 Å². The highest BCUT2D eigenvalue weighted by molar-refractivity contribution is 5.83. The molecule has 0 saturated carbocycles. The molecule has 0 N–H and O–H groups in total. The molecule has 1 aromatic carbocycles. The van der Waals surface area contributed by atoms with Gasteiger partial charge in [0, 0.05) is 32.1 Å². The van der Waals surface area contributed by atoms with E-state index in [1.54, 1.807) is 6.33 Å². The largest absolute Gasteiger partial charge is 0.351 e. The van der Waals surface area contributed by atoms with Gasteiger partial charge in [-0.05, 0) is 18.4 Å². The molecule has 164 valence electrons. The first-order valence-electron chi connectivity index (χ1n) is 11.3. The average molecular weight is 422 g/mol. The fourth-order valence-electron chi connectivity index (χ4n) is 4.36. The summed E-state index contributed by atoms with van der Waals surface area (Å²) >= 11 is 0. The average Bonchev–Trinajstić information content (AvgIpc) is 3.22. The van der Waals surface area contributed by atoms with Crippen molar-refractivity contribution < 1.29 is 4.79 Å². The highest BCUT2D eigenvalue weighted by Gasteiger charge is 2.28. The van der Waals surface area contributed by atoms with Gasteiger partial charge in [-0.2, -0.15) is 0 Å². The van der Waals surface area contributed by atoms with Crippen molar-refractivity contribution in [3.05, 3.63) is 42.2 Å². The summed E-state index contributed by atoms with van der Waals surface area (Å²) in [7, 11) is 0. The highest BCUT2D eigenvalue weighted by Crippen LogP contribution is 2.24. The van der Waals surface area contributed by atoms with Crippen molar-refractivity contribution in [3.8, 4) is 0 Å². The summed E-state index contributed by atoms with van der Waals surface area (Å²) in [5.74, 6) is 1.27. The number of hydrogen-bond donors (Lipinski definition) is 0. The number of hydrogen-bond acceptors (Lipinski definition) is 6. The van der Waals surface area contributed by atoms with Crippen LogP contribution in [0.25, 0.3) is 11.2 Å². The smallest absolute Gasteiger partial charge is 0.225 e. The van der Waals surface area contributed by atoms with Crippen LogP contribution in [0.15, 0.2) is 36.7 Å². The van der Waals surface area contributed by atoms with Crippen LogP contribution in [0.5, 0.6) is 0 Å². The van der Waals surface area contributed by atoms with Gasteiger partial charge in [0.05, 0.1) is 6.54 Å². The van der Waals surface area contributed by atoms with E-state index in [2.05, 4.69) is 51.2 Å². The molecule has 1 aliphatic heterocycles. The molecule has 4 rings (SSSR count). The third-order valence-electron chi connectivity index (χ3n) is 5.97. The third-order valence-corrected chi connectivity index (χ3v) is 5.97. The maximum atomic E-state index is 13.0. The lowest BCUT2D eigenvalue weighted by atomic mass is 9.96. The van der Waals surface area contributed by atoms with Gasteiger partial charge in [0.2, 0.25) is 5.91 Å². The lowest BCUT2D eigenvalue weighted by molar-refractivity contribution is -0.136. The standard InChI is InChI=1S/C23H31N7O/c1-3-8-19(9-4-2)23(31)29-14-12-28(13-15-29)21-20-22(25-17-24-21)30(27-26-20)16-18-10-6-5-7-11-18/h5-7,10-11,17,19H,3-4,8-9,12-16H2,1-2H3. The van der Waals surface area contributed by atoms with E-state index in [9.17, 15) is 4.79 Å². The summed E-state index contributed by atoms with van der Waals surface area (Å²) in [5, 5.41) is 8.71. The third kappa shape index (κ3) is 4.68. The van der Waals surface area contributed by atoms with Crippen LogP contribution in [0.1, 0.15) is 45.1 Å². The maximum Gasteiger partial charge on any atom is 0.225 e. The molecule has 0 aliphatic carbocycles. The fourth-order valence-corrected chi connectivity index (χ4v) is 4.36. The summed E-state index contributed by atoms with van der Waals surface area (Å²) in [5.41, 5.74) is 2.60. The second-order valence-corrected chi connectivity index (χ2v) is 8.19. The molecule has 0 spiro atoms. The van der Waals surface area contributed by atoms with E-state index in [0.29, 0.717) is 31.1 Å². The van der Waals surface area contributed by atoms with Crippen LogP contribution in [0.3, 0.4) is 0 Å². The first-order valence-corrected chi connectivity index (χ1v) is 11.3. The molecule has 1 fully saturated rings. The fraction of sp³-hybridized carbons (Fsp3) is 0.522. The molecular weight excluding hydrogens is 390 g/mol. The van der Waals surface area contributed by atoms with Crippen LogP contribution in [0.2, 0.25) is 0 Å². The second kappa shape index (κ2) is 9.85. The zero-order chi connectivity index (χ0) is 21.6.